The molecule has 3 N–H and O–H groups in total. The fourth-order valence-corrected chi connectivity index (χ4v) is 3.40. The lowest BCUT2D eigenvalue weighted by Crippen LogP contribution is -2.36. The molecule has 2 heterocycles. The molecule has 1 aliphatic rings. The number of nitrogen functional groups attached to an aromatic ring is 1. The number of nitrogens with zero attached hydrogens (tertiary/aromatic N) is 4. The molecule has 0 aliphatic carbocycles. The van der Waals surface area contributed by atoms with Crippen LogP contribution in [0.1, 0.15) is 31.1 Å². The standard InChI is InChI=1S/C23H28N6O3/c1-23(2,3)32-19-10-4-16(5-11-19)20(30)29-22(26-21(24)27-29)25-17-6-8-18(9-7-17)28-12-14-31-15-13-28/h4-11H,12-15H2,1-3H3,(H3,24,25,26,27). The third kappa shape index (κ3) is 5.17. The number of nitrogens with two attached hydrogens (primary N) is 1. The molecule has 0 amide bonds. The maximum Gasteiger partial charge on any atom is 0.281 e. The highest BCUT2D eigenvalue weighted by atomic mass is 16.5. The highest BCUT2D eigenvalue weighted by Gasteiger charge is 2.19. The molecule has 32 heavy (non-hydrogen) atoms. The molecule has 1 fully saturated rings. The highest BCUT2D eigenvalue weighted by molar-refractivity contribution is 5.97. The van der Waals surface area contributed by atoms with Crippen LogP contribution in [0.2, 0.25) is 0 Å². The summed E-state index contributed by atoms with van der Waals surface area (Å²) in [5, 5.41) is 7.21. The molecule has 0 bridgehead atoms. The molecule has 1 aromatic heterocycles. The number of morpholine rings is 1. The van der Waals surface area contributed by atoms with E-state index in [0.717, 1.165) is 37.7 Å². The zero-order chi connectivity index (χ0) is 22.7. The van der Waals surface area contributed by atoms with E-state index in [1.54, 1.807) is 24.3 Å². The van der Waals surface area contributed by atoms with Crippen LogP contribution in [0.25, 0.3) is 0 Å². The predicted molar refractivity (Wildman–Crippen MR) is 124 cm³/mol. The second kappa shape index (κ2) is 8.88. The Labute approximate surface area is 187 Å². The molecule has 9 heteroatoms. The fraction of sp³-hybridized carbons (Fsp3) is 0.348. The monoisotopic (exact) mass is 436 g/mol. The molecular formula is C23H28N6O3. The van der Waals surface area contributed by atoms with Gasteiger partial charge in [-0.1, -0.05) is 0 Å². The van der Waals surface area contributed by atoms with E-state index in [2.05, 4.69) is 20.3 Å². The Bertz CT molecular complexity index is 1060. The zero-order valence-electron chi connectivity index (χ0n) is 18.5. The van der Waals surface area contributed by atoms with Gasteiger partial charge in [0.05, 0.1) is 13.2 Å². The first-order valence-electron chi connectivity index (χ1n) is 10.5. The molecule has 1 aliphatic heterocycles. The van der Waals surface area contributed by atoms with Crippen LogP contribution in [0, 0.1) is 0 Å². The number of benzene rings is 2. The maximum absolute atomic E-state index is 13.0. The number of anilines is 4. The number of carbonyl (C=O) groups is 1. The van der Waals surface area contributed by atoms with Crippen LogP contribution in [0.5, 0.6) is 5.75 Å². The predicted octanol–water partition coefficient (Wildman–Crippen LogP) is 3.31. The molecule has 1 saturated heterocycles. The van der Waals surface area contributed by atoms with E-state index in [9.17, 15) is 4.79 Å². The molecular weight excluding hydrogens is 408 g/mol. The summed E-state index contributed by atoms with van der Waals surface area (Å²) < 4.78 is 12.4. The Morgan fingerprint density at radius 3 is 2.34 bits per heavy atom. The number of carbonyl (C=O) groups excluding carboxylic acids is 1. The Morgan fingerprint density at radius 1 is 1.06 bits per heavy atom. The average molecular weight is 437 g/mol. The van der Waals surface area contributed by atoms with Crippen molar-refractivity contribution in [3.63, 3.8) is 0 Å². The third-order valence-electron chi connectivity index (χ3n) is 4.84. The second-order valence-electron chi connectivity index (χ2n) is 8.52. The number of hydrogen-bond donors (Lipinski definition) is 2. The first kappa shape index (κ1) is 21.6. The smallest absolute Gasteiger partial charge is 0.281 e. The average Bonchev–Trinajstić information content (AvgIpc) is 3.14. The molecule has 0 radical (unpaired) electrons. The van der Waals surface area contributed by atoms with Crippen LogP contribution in [0.15, 0.2) is 48.5 Å². The Kier molecular flexibility index (Phi) is 6.00. The van der Waals surface area contributed by atoms with E-state index in [-0.39, 0.29) is 23.4 Å². The molecule has 0 saturated carbocycles. The lowest BCUT2D eigenvalue weighted by Gasteiger charge is -2.28. The van der Waals surface area contributed by atoms with Gasteiger partial charge in [0.1, 0.15) is 11.4 Å². The van der Waals surface area contributed by atoms with Gasteiger partial charge in [0, 0.05) is 30.0 Å². The summed E-state index contributed by atoms with van der Waals surface area (Å²) in [5.74, 6) is 0.606. The van der Waals surface area contributed by atoms with Crippen molar-refractivity contribution in [3.05, 3.63) is 54.1 Å². The van der Waals surface area contributed by atoms with Crippen molar-refractivity contribution in [2.75, 3.05) is 42.3 Å². The molecule has 0 unspecified atom stereocenters. The van der Waals surface area contributed by atoms with Gasteiger partial charge >= 0.3 is 0 Å². The normalized spacial score (nSPS) is 14.3. The molecule has 9 nitrogen and oxygen atoms in total. The molecule has 168 valence electrons. The second-order valence-corrected chi connectivity index (χ2v) is 8.52. The van der Waals surface area contributed by atoms with Crippen molar-refractivity contribution < 1.29 is 14.3 Å². The lowest BCUT2D eigenvalue weighted by atomic mass is 10.1. The lowest BCUT2D eigenvalue weighted by molar-refractivity contribution is 0.0947. The van der Waals surface area contributed by atoms with Gasteiger partial charge in [0.15, 0.2) is 0 Å². The SMILES string of the molecule is CC(C)(C)Oc1ccc(C(=O)n2nc(N)nc2Nc2ccc(N3CCOCC3)cc2)cc1. The fourth-order valence-electron chi connectivity index (χ4n) is 3.40. The Balaban J connectivity index is 1.49. The van der Waals surface area contributed by atoms with E-state index in [0.29, 0.717) is 11.3 Å². The van der Waals surface area contributed by atoms with Gasteiger partial charge in [-0.2, -0.15) is 9.67 Å². The van der Waals surface area contributed by atoms with Crippen molar-refractivity contribution in [2.24, 2.45) is 0 Å². The van der Waals surface area contributed by atoms with Gasteiger partial charge in [-0.15, -0.1) is 5.10 Å². The minimum Gasteiger partial charge on any atom is -0.488 e. The molecule has 0 atom stereocenters. The van der Waals surface area contributed by atoms with Gasteiger partial charge in [0.2, 0.25) is 11.9 Å². The quantitative estimate of drug-likeness (QED) is 0.627. The van der Waals surface area contributed by atoms with Crippen LogP contribution in [0.4, 0.5) is 23.3 Å². The largest absolute Gasteiger partial charge is 0.488 e. The van der Waals surface area contributed by atoms with Crippen LogP contribution in [0.3, 0.4) is 0 Å². The Hall–Kier alpha value is -3.59. The van der Waals surface area contributed by atoms with Crippen LogP contribution < -0.4 is 20.7 Å². The first-order valence-corrected chi connectivity index (χ1v) is 10.5. The first-order chi connectivity index (χ1) is 15.3. The van der Waals surface area contributed by atoms with Crippen LogP contribution in [-0.4, -0.2) is 52.6 Å². The Morgan fingerprint density at radius 2 is 1.72 bits per heavy atom. The maximum atomic E-state index is 13.0. The summed E-state index contributed by atoms with van der Waals surface area (Å²) in [6.07, 6.45) is 0. The topological polar surface area (TPSA) is 108 Å². The molecule has 3 aromatic rings. The minimum atomic E-state index is -0.344. The van der Waals surface area contributed by atoms with Gasteiger partial charge in [-0.05, 0) is 69.3 Å². The van der Waals surface area contributed by atoms with Crippen LogP contribution in [-0.2, 0) is 4.74 Å². The number of nitrogens with one attached hydrogen (secondary N) is 1. The van der Waals surface area contributed by atoms with Gasteiger partial charge < -0.3 is 25.4 Å². The summed E-state index contributed by atoms with van der Waals surface area (Å²) in [5.41, 5.74) is 7.81. The van der Waals surface area contributed by atoms with Crippen molar-refractivity contribution in [2.45, 2.75) is 26.4 Å². The van der Waals surface area contributed by atoms with Crippen molar-refractivity contribution in [1.29, 1.82) is 0 Å². The number of rotatable bonds is 5. The van der Waals surface area contributed by atoms with Gasteiger partial charge in [-0.3, -0.25) is 4.79 Å². The number of aromatic nitrogens is 3. The molecule has 4 rings (SSSR count). The van der Waals surface area contributed by atoms with E-state index < -0.39 is 0 Å². The summed E-state index contributed by atoms with van der Waals surface area (Å²) in [4.78, 5) is 19.5. The highest BCUT2D eigenvalue weighted by Crippen LogP contribution is 2.23. The van der Waals surface area contributed by atoms with E-state index >= 15 is 0 Å². The van der Waals surface area contributed by atoms with Crippen molar-refractivity contribution in [1.82, 2.24) is 14.8 Å². The molecule has 0 spiro atoms. The van der Waals surface area contributed by atoms with Crippen LogP contribution >= 0.6 is 0 Å². The van der Waals surface area contributed by atoms with Gasteiger partial charge in [0.25, 0.3) is 5.91 Å². The van der Waals surface area contributed by atoms with E-state index in [1.165, 1.54) is 4.68 Å². The van der Waals surface area contributed by atoms with Crippen molar-refractivity contribution >= 4 is 29.2 Å². The molecule has 2 aromatic carbocycles. The van der Waals surface area contributed by atoms with Crippen molar-refractivity contribution in [3.8, 4) is 5.75 Å². The van der Waals surface area contributed by atoms with E-state index in [1.807, 2.05) is 45.0 Å². The minimum absolute atomic E-state index is 0.0125. The number of hydrogen-bond acceptors (Lipinski definition) is 8. The summed E-state index contributed by atoms with van der Waals surface area (Å²) >= 11 is 0. The summed E-state index contributed by atoms with van der Waals surface area (Å²) in [6, 6.07) is 14.8. The summed E-state index contributed by atoms with van der Waals surface area (Å²) in [7, 11) is 0. The van der Waals surface area contributed by atoms with Gasteiger partial charge in [-0.25, -0.2) is 0 Å². The third-order valence-corrected chi connectivity index (χ3v) is 4.84. The summed E-state index contributed by atoms with van der Waals surface area (Å²) in [6.45, 7) is 9.10. The number of ether oxygens (including phenoxy) is 2. The van der Waals surface area contributed by atoms with E-state index in [4.69, 9.17) is 15.2 Å². The zero-order valence-corrected chi connectivity index (χ0v) is 18.5.